The van der Waals surface area contributed by atoms with E-state index in [1.807, 2.05) is 32.8 Å². The van der Waals surface area contributed by atoms with E-state index >= 15 is 0 Å². The van der Waals surface area contributed by atoms with Gasteiger partial charge in [0.25, 0.3) is 5.91 Å². The van der Waals surface area contributed by atoms with E-state index in [1.165, 1.54) is 6.07 Å². The fraction of sp³-hybridized carbons (Fsp3) is 0.538. The molecule has 0 saturated heterocycles. The molecule has 2 N–H and O–H groups in total. The second kappa shape index (κ2) is 6.38. The number of carboxylic acid groups (broad SMARTS) is 1. The lowest BCUT2D eigenvalue weighted by atomic mass is 10.0. The molecule has 1 amide bonds. The highest BCUT2D eigenvalue weighted by molar-refractivity contribution is 5.95. The summed E-state index contributed by atoms with van der Waals surface area (Å²) in [5.41, 5.74) is -0.0288. The summed E-state index contributed by atoms with van der Waals surface area (Å²) in [6.07, 6.45) is 1.06. The van der Waals surface area contributed by atoms with Crippen LogP contribution < -0.4 is 5.32 Å². The van der Waals surface area contributed by atoms with Crippen LogP contribution >= 0.6 is 0 Å². The maximum atomic E-state index is 12.0. The highest BCUT2D eigenvalue weighted by atomic mass is 16.4. The molecule has 0 bridgehead atoms. The van der Waals surface area contributed by atoms with Crippen LogP contribution in [-0.4, -0.2) is 48.6 Å². The maximum absolute atomic E-state index is 12.0. The minimum atomic E-state index is -1.11. The van der Waals surface area contributed by atoms with Crippen LogP contribution in [0.2, 0.25) is 0 Å². The Labute approximate surface area is 112 Å². The summed E-state index contributed by atoms with van der Waals surface area (Å²) >= 11 is 0. The Morgan fingerprint density at radius 1 is 1.42 bits per heavy atom. The van der Waals surface area contributed by atoms with Gasteiger partial charge in [0, 0.05) is 18.7 Å². The highest BCUT2D eigenvalue weighted by Crippen LogP contribution is 2.10. The van der Waals surface area contributed by atoms with Gasteiger partial charge in [-0.05, 0) is 20.0 Å². The van der Waals surface area contributed by atoms with Crippen LogP contribution in [0.25, 0.3) is 0 Å². The number of hydrogen-bond donors (Lipinski definition) is 2. The molecule has 0 fully saturated rings. The lowest BCUT2D eigenvalue weighted by molar-refractivity contribution is 0.0695. The van der Waals surface area contributed by atoms with Crippen molar-refractivity contribution >= 4 is 11.9 Å². The van der Waals surface area contributed by atoms with E-state index in [1.54, 1.807) is 0 Å². The fourth-order valence-electron chi connectivity index (χ4n) is 1.62. The number of carboxylic acids is 1. The van der Waals surface area contributed by atoms with Crippen LogP contribution in [0.4, 0.5) is 0 Å². The number of nitrogens with zero attached hydrogens (tertiary/aromatic N) is 1. The SMILES string of the molecule is CC(C)C(CN(C)C)NC(=O)c1cc(C(=O)O)co1. The van der Waals surface area contributed by atoms with Gasteiger partial charge in [-0.3, -0.25) is 4.79 Å². The largest absolute Gasteiger partial charge is 0.478 e. The molecular weight excluding hydrogens is 248 g/mol. The van der Waals surface area contributed by atoms with Crippen molar-refractivity contribution in [3.63, 3.8) is 0 Å². The van der Waals surface area contributed by atoms with Crippen LogP contribution in [-0.2, 0) is 0 Å². The molecule has 1 aromatic heterocycles. The second-order valence-electron chi connectivity index (χ2n) is 5.09. The predicted molar refractivity (Wildman–Crippen MR) is 70.3 cm³/mol. The van der Waals surface area contributed by atoms with Crippen molar-refractivity contribution < 1.29 is 19.1 Å². The predicted octanol–water partition coefficient (Wildman–Crippen LogP) is 1.29. The van der Waals surface area contributed by atoms with Gasteiger partial charge in [0.15, 0.2) is 5.76 Å². The topological polar surface area (TPSA) is 82.8 Å². The molecule has 0 spiro atoms. The number of nitrogens with one attached hydrogen (secondary N) is 1. The number of carbonyl (C=O) groups is 2. The molecule has 0 aliphatic rings. The first kappa shape index (κ1) is 15.2. The second-order valence-corrected chi connectivity index (χ2v) is 5.09. The molecule has 0 aliphatic heterocycles. The lowest BCUT2D eigenvalue weighted by Gasteiger charge is -2.25. The Bertz CT molecular complexity index is 451. The number of aromatic carboxylic acids is 1. The van der Waals surface area contributed by atoms with E-state index in [2.05, 4.69) is 5.32 Å². The van der Waals surface area contributed by atoms with Gasteiger partial charge in [0.1, 0.15) is 6.26 Å². The molecule has 0 aliphatic carbocycles. The van der Waals surface area contributed by atoms with Gasteiger partial charge in [-0.1, -0.05) is 13.8 Å². The van der Waals surface area contributed by atoms with E-state index in [0.29, 0.717) is 6.54 Å². The molecule has 0 saturated carbocycles. The third kappa shape index (κ3) is 4.40. The molecular formula is C13H20N2O4. The first-order chi connectivity index (χ1) is 8.81. The molecule has 106 valence electrons. The Balaban J connectivity index is 2.73. The number of carbonyl (C=O) groups excluding carboxylic acids is 1. The van der Waals surface area contributed by atoms with Crippen molar-refractivity contribution in [3.8, 4) is 0 Å². The van der Waals surface area contributed by atoms with Gasteiger partial charge in [-0.15, -0.1) is 0 Å². The van der Waals surface area contributed by atoms with Crippen LogP contribution in [0, 0.1) is 5.92 Å². The van der Waals surface area contributed by atoms with Gasteiger partial charge in [0.2, 0.25) is 0 Å². The molecule has 6 heteroatoms. The van der Waals surface area contributed by atoms with Crippen LogP contribution in [0.5, 0.6) is 0 Å². The van der Waals surface area contributed by atoms with Crippen molar-refractivity contribution in [2.75, 3.05) is 20.6 Å². The minimum Gasteiger partial charge on any atom is -0.478 e. The lowest BCUT2D eigenvalue weighted by Crippen LogP contribution is -2.44. The molecule has 1 heterocycles. The molecule has 6 nitrogen and oxygen atoms in total. The summed E-state index contributed by atoms with van der Waals surface area (Å²) in [5, 5.41) is 11.6. The summed E-state index contributed by atoms with van der Waals surface area (Å²) in [5.74, 6) is -1.23. The molecule has 0 aromatic carbocycles. The summed E-state index contributed by atoms with van der Waals surface area (Å²) in [6.45, 7) is 4.73. The summed E-state index contributed by atoms with van der Waals surface area (Å²) < 4.78 is 4.97. The highest BCUT2D eigenvalue weighted by Gasteiger charge is 2.20. The van der Waals surface area contributed by atoms with Crippen molar-refractivity contribution in [3.05, 3.63) is 23.7 Å². The molecule has 19 heavy (non-hydrogen) atoms. The Morgan fingerprint density at radius 3 is 2.47 bits per heavy atom. The van der Waals surface area contributed by atoms with Gasteiger partial charge < -0.3 is 19.7 Å². The molecule has 1 rings (SSSR count). The Kier molecular flexibility index (Phi) is 5.11. The van der Waals surface area contributed by atoms with Crippen molar-refractivity contribution in [2.24, 2.45) is 5.92 Å². The number of amides is 1. The van der Waals surface area contributed by atoms with E-state index in [-0.39, 0.29) is 23.3 Å². The third-order valence-electron chi connectivity index (χ3n) is 2.75. The molecule has 1 atom stereocenters. The number of rotatable bonds is 6. The fourth-order valence-corrected chi connectivity index (χ4v) is 1.62. The first-order valence-electron chi connectivity index (χ1n) is 6.08. The van der Waals surface area contributed by atoms with Gasteiger partial charge in [-0.2, -0.15) is 0 Å². The van der Waals surface area contributed by atoms with Crippen LogP contribution in [0.3, 0.4) is 0 Å². The normalized spacial score (nSPS) is 12.7. The van der Waals surface area contributed by atoms with E-state index in [9.17, 15) is 9.59 Å². The Hall–Kier alpha value is -1.82. The number of hydrogen-bond acceptors (Lipinski definition) is 4. The minimum absolute atomic E-state index is 0.0156. The smallest absolute Gasteiger partial charge is 0.338 e. The summed E-state index contributed by atoms with van der Waals surface area (Å²) in [7, 11) is 3.86. The average Bonchev–Trinajstić information content (AvgIpc) is 2.76. The summed E-state index contributed by atoms with van der Waals surface area (Å²) in [4.78, 5) is 24.7. The monoisotopic (exact) mass is 268 g/mol. The molecule has 0 radical (unpaired) electrons. The van der Waals surface area contributed by atoms with Gasteiger partial charge in [0.05, 0.1) is 5.56 Å². The first-order valence-corrected chi connectivity index (χ1v) is 6.08. The number of likely N-dealkylation sites (N-methyl/N-ethyl adjacent to an activating group) is 1. The van der Waals surface area contributed by atoms with Gasteiger partial charge in [-0.25, -0.2) is 4.79 Å². The zero-order valence-corrected chi connectivity index (χ0v) is 11.6. The zero-order valence-electron chi connectivity index (χ0n) is 11.6. The van der Waals surface area contributed by atoms with Crippen LogP contribution in [0.15, 0.2) is 16.7 Å². The van der Waals surface area contributed by atoms with E-state index < -0.39 is 11.9 Å². The summed E-state index contributed by atoms with van der Waals surface area (Å²) in [6, 6.07) is 1.20. The quantitative estimate of drug-likeness (QED) is 0.812. The molecule has 1 aromatic rings. The third-order valence-corrected chi connectivity index (χ3v) is 2.75. The number of furan rings is 1. The van der Waals surface area contributed by atoms with E-state index in [0.717, 1.165) is 6.26 Å². The standard InChI is InChI=1S/C13H20N2O4/c1-8(2)10(6-15(3)4)14-12(16)11-5-9(7-19-11)13(17)18/h5,7-8,10H,6H2,1-4H3,(H,14,16)(H,17,18). The van der Waals surface area contributed by atoms with Crippen molar-refractivity contribution in [1.82, 2.24) is 10.2 Å². The average molecular weight is 268 g/mol. The van der Waals surface area contributed by atoms with E-state index in [4.69, 9.17) is 9.52 Å². The van der Waals surface area contributed by atoms with Gasteiger partial charge >= 0.3 is 5.97 Å². The maximum Gasteiger partial charge on any atom is 0.338 e. The van der Waals surface area contributed by atoms with Crippen LogP contribution in [0.1, 0.15) is 34.8 Å². The zero-order chi connectivity index (χ0) is 14.6. The van der Waals surface area contributed by atoms with Crippen molar-refractivity contribution in [1.29, 1.82) is 0 Å². The van der Waals surface area contributed by atoms with Crippen molar-refractivity contribution in [2.45, 2.75) is 19.9 Å². The molecule has 1 unspecified atom stereocenters. The Morgan fingerprint density at radius 2 is 2.05 bits per heavy atom.